The highest BCUT2D eigenvalue weighted by atomic mass is 15.2. The smallest absolute Gasteiger partial charge is 0.182 e. The van der Waals surface area contributed by atoms with Gasteiger partial charge in [-0.25, -0.2) is 9.97 Å². The SMILES string of the molecule is Cc1cccc(-c2nc(-c3ccc(-c4nnc(-c5ccccc5)c(-c5cccc(C)c5C)n4)cc3)nnc2-c2ccccc2)c1C. The van der Waals surface area contributed by atoms with Crippen molar-refractivity contribution in [3.05, 3.63) is 144 Å². The van der Waals surface area contributed by atoms with E-state index in [2.05, 4.69) is 74.3 Å². The van der Waals surface area contributed by atoms with Gasteiger partial charge >= 0.3 is 0 Å². The van der Waals surface area contributed by atoms with Gasteiger partial charge in [0.15, 0.2) is 11.6 Å². The lowest BCUT2D eigenvalue weighted by molar-refractivity contribution is 0.986. The largest absolute Gasteiger partial charge is 0.224 e. The summed E-state index contributed by atoms with van der Waals surface area (Å²) in [6.07, 6.45) is 0. The zero-order valence-corrected chi connectivity index (χ0v) is 26.2. The van der Waals surface area contributed by atoms with Gasteiger partial charge in [-0.2, -0.15) is 0 Å². The predicted octanol–water partition coefficient (Wildman–Crippen LogP) is 9.29. The molecule has 2 aromatic heterocycles. The van der Waals surface area contributed by atoms with Gasteiger partial charge in [0, 0.05) is 33.4 Å². The number of rotatable bonds is 6. The Hall–Kier alpha value is -5.88. The van der Waals surface area contributed by atoms with Crippen LogP contribution in [0.2, 0.25) is 0 Å². The number of aryl methyl sites for hydroxylation is 2. The van der Waals surface area contributed by atoms with Crippen LogP contribution in [0.4, 0.5) is 0 Å². The van der Waals surface area contributed by atoms with E-state index in [1.54, 1.807) is 0 Å². The van der Waals surface area contributed by atoms with Crippen LogP contribution in [-0.2, 0) is 0 Å². The van der Waals surface area contributed by atoms with E-state index in [1.165, 1.54) is 22.3 Å². The molecule has 0 radical (unpaired) electrons. The van der Waals surface area contributed by atoms with Crippen LogP contribution in [0.3, 0.4) is 0 Å². The summed E-state index contributed by atoms with van der Waals surface area (Å²) in [6, 6.07) is 40.7. The molecule has 0 atom stereocenters. The molecule has 0 fully saturated rings. The fourth-order valence-corrected chi connectivity index (χ4v) is 5.64. The maximum absolute atomic E-state index is 5.09. The van der Waals surface area contributed by atoms with Crippen molar-refractivity contribution >= 4 is 0 Å². The van der Waals surface area contributed by atoms with E-state index in [1.807, 2.05) is 84.9 Å². The molecule has 2 heterocycles. The Bertz CT molecular complexity index is 2020. The minimum absolute atomic E-state index is 0.552. The lowest BCUT2D eigenvalue weighted by Gasteiger charge is -2.14. The van der Waals surface area contributed by atoms with Crippen molar-refractivity contribution in [2.24, 2.45) is 0 Å². The number of nitrogens with zero attached hydrogens (tertiary/aromatic N) is 6. The monoisotopic (exact) mass is 596 g/mol. The summed E-state index contributed by atoms with van der Waals surface area (Å²) < 4.78 is 0. The van der Waals surface area contributed by atoms with Crippen molar-refractivity contribution < 1.29 is 0 Å². The number of hydrogen-bond donors (Lipinski definition) is 0. The normalized spacial score (nSPS) is 11.0. The average Bonchev–Trinajstić information content (AvgIpc) is 3.11. The summed E-state index contributed by atoms with van der Waals surface area (Å²) in [5.74, 6) is 1.10. The highest BCUT2D eigenvalue weighted by Crippen LogP contribution is 2.35. The number of benzene rings is 5. The molecule has 0 unspecified atom stereocenters. The van der Waals surface area contributed by atoms with E-state index < -0.39 is 0 Å². The molecule has 6 heteroatoms. The van der Waals surface area contributed by atoms with Gasteiger partial charge in [0.25, 0.3) is 0 Å². The second-order valence-corrected chi connectivity index (χ2v) is 11.5. The molecule has 5 aromatic carbocycles. The van der Waals surface area contributed by atoms with Crippen molar-refractivity contribution in [1.29, 1.82) is 0 Å². The van der Waals surface area contributed by atoms with E-state index in [0.29, 0.717) is 11.6 Å². The molecule has 0 bridgehead atoms. The Labute approximate surface area is 268 Å². The summed E-state index contributed by atoms with van der Waals surface area (Å²) in [4.78, 5) is 10.2. The minimum atomic E-state index is 0.552. The molecule has 0 aliphatic carbocycles. The van der Waals surface area contributed by atoms with Crippen molar-refractivity contribution in [2.45, 2.75) is 27.7 Å². The molecule has 0 aliphatic heterocycles. The molecule has 0 saturated heterocycles. The van der Waals surface area contributed by atoms with Crippen LogP contribution in [0.25, 0.3) is 67.8 Å². The first kappa shape index (κ1) is 28.9. The standard InChI is InChI=1S/C40H32N6/c1-25-13-11-19-33(27(25)3)37-35(29-15-7-5-8-16-29)43-45-39(41-37)31-21-23-32(24-22-31)40-42-38(34-20-12-14-26(2)28(34)4)36(44-46-40)30-17-9-6-10-18-30/h5-24H,1-4H3. The van der Waals surface area contributed by atoms with Gasteiger partial charge in [0.2, 0.25) is 0 Å². The minimum Gasteiger partial charge on any atom is -0.224 e. The Balaban J connectivity index is 1.30. The fourth-order valence-electron chi connectivity index (χ4n) is 5.64. The molecular formula is C40H32N6. The first-order chi connectivity index (χ1) is 22.5. The van der Waals surface area contributed by atoms with Gasteiger partial charge in [0.05, 0.1) is 0 Å². The van der Waals surface area contributed by atoms with Crippen LogP contribution in [-0.4, -0.2) is 30.4 Å². The van der Waals surface area contributed by atoms with Gasteiger partial charge in [-0.15, -0.1) is 20.4 Å². The third-order valence-electron chi connectivity index (χ3n) is 8.59. The van der Waals surface area contributed by atoms with Crippen LogP contribution < -0.4 is 0 Å². The molecular weight excluding hydrogens is 564 g/mol. The third-order valence-corrected chi connectivity index (χ3v) is 8.59. The summed E-state index contributed by atoms with van der Waals surface area (Å²) >= 11 is 0. The lowest BCUT2D eigenvalue weighted by Crippen LogP contribution is -2.02. The van der Waals surface area contributed by atoms with E-state index >= 15 is 0 Å². The van der Waals surface area contributed by atoms with E-state index in [4.69, 9.17) is 20.2 Å². The summed E-state index contributed by atoms with van der Waals surface area (Å²) in [5.41, 5.74) is 13.6. The zero-order chi connectivity index (χ0) is 31.6. The maximum Gasteiger partial charge on any atom is 0.182 e. The van der Waals surface area contributed by atoms with Gasteiger partial charge in [-0.1, -0.05) is 121 Å². The Morgan fingerprint density at radius 1 is 0.326 bits per heavy atom. The highest BCUT2D eigenvalue weighted by molar-refractivity contribution is 5.82. The van der Waals surface area contributed by atoms with Gasteiger partial charge in [-0.05, 0) is 49.9 Å². The van der Waals surface area contributed by atoms with E-state index in [0.717, 1.165) is 56.2 Å². The van der Waals surface area contributed by atoms with Gasteiger partial charge < -0.3 is 0 Å². The molecule has 7 aromatic rings. The quantitative estimate of drug-likeness (QED) is 0.190. The van der Waals surface area contributed by atoms with Crippen molar-refractivity contribution in [1.82, 2.24) is 30.4 Å². The molecule has 0 amide bonds. The maximum atomic E-state index is 5.09. The molecule has 6 nitrogen and oxygen atoms in total. The average molecular weight is 597 g/mol. The number of aromatic nitrogens is 6. The summed E-state index contributed by atoms with van der Waals surface area (Å²) in [6.45, 7) is 8.48. The van der Waals surface area contributed by atoms with E-state index in [-0.39, 0.29) is 0 Å². The number of hydrogen-bond acceptors (Lipinski definition) is 6. The van der Waals surface area contributed by atoms with Crippen LogP contribution >= 0.6 is 0 Å². The first-order valence-corrected chi connectivity index (χ1v) is 15.3. The highest BCUT2D eigenvalue weighted by Gasteiger charge is 2.19. The fraction of sp³-hybridized carbons (Fsp3) is 0.100. The Morgan fingerprint density at radius 3 is 1.11 bits per heavy atom. The van der Waals surface area contributed by atoms with Crippen molar-refractivity contribution in [3.63, 3.8) is 0 Å². The Morgan fingerprint density at radius 2 is 0.717 bits per heavy atom. The van der Waals surface area contributed by atoms with Crippen LogP contribution in [0, 0.1) is 27.7 Å². The van der Waals surface area contributed by atoms with Crippen LogP contribution in [0.1, 0.15) is 22.3 Å². The Kier molecular flexibility index (Phi) is 7.69. The lowest BCUT2D eigenvalue weighted by atomic mass is 9.97. The molecule has 0 N–H and O–H groups in total. The molecule has 222 valence electrons. The second kappa shape index (κ2) is 12.3. The predicted molar refractivity (Wildman–Crippen MR) is 185 cm³/mol. The third kappa shape index (κ3) is 5.46. The van der Waals surface area contributed by atoms with Crippen molar-refractivity contribution in [2.75, 3.05) is 0 Å². The first-order valence-electron chi connectivity index (χ1n) is 15.3. The van der Waals surface area contributed by atoms with Crippen LogP contribution in [0.5, 0.6) is 0 Å². The van der Waals surface area contributed by atoms with Gasteiger partial charge in [-0.3, -0.25) is 0 Å². The molecule has 0 saturated carbocycles. The molecule has 0 aliphatic rings. The molecule has 7 rings (SSSR count). The van der Waals surface area contributed by atoms with Gasteiger partial charge in [0.1, 0.15) is 22.8 Å². The molecule has 46 heavy (non-hydrogen) atoms. The van der Waals surface area contributed by atoms with E-state index in [9.17, 15) is 0 Å². The summed E-state index contributed by atoms with van der Waals surface area (Å²) in [5, 5.41) is 18.6. The molecule has 0 spiro atoms. The summed E-state index contributed by atoms with van der Waals surface area (Å²) in [7, 11) is 0. The van der Waals surface area contributed by atoms with Crippen molar-refractivity contribution in [3.8, 4) is 67.8 Å². The second-order valence-electron chi connectivity index (χ2n) is 11.5. The van der Waals surface area contributed by atoms with Crippen LogP contribution in [0.15, 0.2) is 121 Å². The zero-order valence-electron chi connectivity index (χ0n) is 26.2. The topological polar surface area (TPSA) is 77.3 Å².